The molecule has 1 atom stereocenters. The van der Waals surface area contributed by atoms with Gasteiger partial charge in [0.25, 0.3) is 10.0 Å². The van der Waals surface area contributed by atoms with Crippen LogP contribution < -0.4 is 9.62 Å². The summed E-state index contributed by atoms with van der Waals surface area (Å²) in [6, 6.07) is 19.5. The second-order valence-electron chi connectivity index (χ2n) is 9.35. The maximum Gasteiger partial charge on any atom is 0.264 e. The largest absolute Gasteiger partial charge is 0.352 e. The Morgan fingerprint density at radius 1 is 0.921 bits per heavy atom. The van der Waals surface area contributed by atoms with E-state index >= 15 is 0 Å². The second-order valence-corrected chi connectivity index (χ2v) is 11.2. The van der Waals surface area contributed by atoms with Crippen LogP contribution in [0.15, 0.2) is 83.8 Å². The molecule has 3 aromatic rings. The van der Waals surface area contributed by atoms with Crippen molar-refractivity contribution < 1.29 is 22.4 Å². The zero-order valence-electron chi connectivity index (χ0n) is 22.1. The van der Waals surface area contributed by atoms with Gasteiger partial charge >= 0.3 is 0 Å². The van der Waals surface area contributed by atoms with Crippen molar-refractivity contribution >= 4 is 27.5 Å². The fourth-order valence-corrected chi connectivity index (χ4v) is 5.66. The standard InChI is InChI=1S/C29H34FN3O4S/c1-5-26(29(35)31-21(2)3)32(19-23-15-17-24(30)18-16-23)28(34)20-33(27-14-10-9-11-22(27)4)38(36,37)25-12-7-6-8-13-25/h6-18,21,26H,5,19-20H2,1-4H3,(H,31,35). The first-order chi connectivity index (χ1) is 18.0. The number of halogens is 1. The summed E-state index contributed by atoms with van der Waals surface area (Å²) in [7, 11) is -4.12. The Balaban J connectivity index is 2.06. The summed E-state index contributed by atoms with van der Waals surface area (Å²) >= 11 is 0. The Morgan fingerprint density at radius 2 is 1.53 bits per heavy atom. The molecular weight excluding hydrogens is 505 g/mol. The highest BCUT2D eigenvalue weighted by Gasteiger charge is 2.34. The summed E-state index contributed by atoms with van der Waals surface area (Å²) in [4.78, 5) is 28.5. The number of carbonyl (C=O) groups excluding carboxylic acids is 2. The SMILES string of the molecule is CCC(C(=O)NC(C)C)N(Cc1ccc(F)cc1)C(=O)CN(c1ccccc1C)S(=O)(=O)c1ccccc1. The van der Waals surface area contributed by atoms with E-state index in [4.69, 9.17) is 0 Å². The van der Waals surface area contributed by atoms with Crippen LogP contribution in [0.5, 0.6) is 0 Å². The van der Waals surface area contributed by atoms with Crippen LogP contribution in [-0.4, -0.2) is 43.8 Å². The van der Waals surface area contributed by atoms with E-state index in [0.29, 0.717) is 23.2 Å². The lowest BCUT2D eigenvalue weighted by atomic mass is 10.1. The van der Waals surface area contributed by atoms with Crippen LogP contribution in [-0.2, 0) is 26.2 Å². The highest BCUT2D eigenvalue weighted by Crippen LogP contribution is 2.27. The number of hydrogen-bond acceptors (Lipinski definition) is 4. The average molecular weight is 540 g/mol. The molecule has 0 saturated heterocycles. The van der Waals surface area contributed by atoms with E-state index in [-0.39, 0.29) is 23.4 Å². The minimum absolute atomic E-state index is 0.0101. The molecule has 0 heterocycles. The van der Waals surface area contributed by atoms with E-state index < -0.39 is 34.3 Å². The first-order valence-corrected chi connectivity index (χ1v) is 14.0. The normalized spacial score (nSPS) is 12.2. The van der Waals surface area contributed by atoms with Gasteiger partial charge in [0.15, 0.2) is 0 Å². The molecule has 0 aliphatic heterocycles. The van der Waals surface area contributed by atoms with Crippen molar-refractivity contribution in [2.75, 3.05) is 10.8 Å². The Labute approximate surface area is 224 Å². The number of sulfonamides is 1. The van der Waals surface area contributed by atoms with E-state index in [1.165, 1.54) is 29.2 Å². The number of aryl methyl sites for hydroxylation is 1. The van der Waals surface area contributed by atoms with Crippen molar-refractivity contribution in [3.63, 3.8) is 0 Å². The number of hydrogen-bond donors (Lipinski definition) is 1. The average Bonchev–Trinajstić information content (AvgIpc) is 2.88. The molecular formula is C29H34FN3O4S. The van der Waals surface area contributed by atoms with E-state index in [9.17, 15) is 22.4 Å². The van der Waals surface area contributed by atoms with Gasteiger partial charge in [0.1, 0.15) is 18.4 Å². The number of amides is 2. The predicted octanol–water partition coefficient (Wildman–Crippen LogP) is 4.66. The van der Waals surface area contributed by atoms with Crippen LogP contribution in [0.3, 0.4) is 0 Å². The molecule has 9 heteroatoms. The molecule has 38 heavy (non-hydrogen) atoms. The summed E-state index contributed by atoms with van der Waals surface area (Å²) in [6.07, 6.45) is 0.307. The van der Waals surface area contributed by atoms with Crippen molar-refractivity contribution in [1.82, 2.24) is 10.2 Å². The molecule has 0 fully saturated rings. The Kier molecular flexibility index (Phi) is 9.63. The molecule has 2 amide bonds. The highest BCUT2D eigenvalue weighted by atomic mass is 32.2. The maximum atomic E-state index is 13.9. The summed E-state index contributed by atoms with van der Waals surface area (Å²) < 4.78 is 42.2. The lowest BCUT2D eigenvalue weighted by Crippen LogP contribution is -2.53. The van der Waals surface area contributed by atoms with E-state index in [1.807, 2.05) is 13.8 Å². The Bertz CT molecular complexity index is 1350. The topological polar surface area (TPSA) is 86.8 Å². The molecule has 0 radical (unpaired) electrons. The van der Waals surface area contributed by atoms with Gasteiger partial charge in [0, 0.05) is 12.6 Å². The number of carbonyl (C=O) groups is 2. The van der Waals surface area contributed by atoms with Gasteiger partial charge in [-0.25, -0.2) is 12.8 Å². The van der Waals surface area contributed by atoms with Gasteiger partial charge in [-0.15, -0.1) is 0 Å². The molecule has 3 aromatic carbocycles. The number of nitrogens with one attached hydrogen (secondary N) is 1. The molecule has 0 aliphatic rings. The summed E-state index contributed by atoms with van der Waals surface area (Å²) in [6.45, 7) is 6.70. The van der Waals surface area contributed by atoms with Gasteiger partial charge in [0.2, 0.25) is 11.8 Å². The summed E-state index contributed by atoms with van der Waals surface area (Å²) in [5, 5.41) is 2.85. The second kappa shape index (κ2) is 12.7. The van der Waals surface area contributed by atoms with E-state index in [1.54, 1.807) is 68.4 Å². The first-order valence-electron chi connectivity index (χ1n) is 12.5. The smallest absolute Gasteiger partial charge is 0.264 e. The molecule has 202 valence electrons. The van der Waals surface area contributed by atoms with E-state index in [2.05, 4.69) is 5.32 Å². The third-order valence-electron chi connectivity index (χ3n) is 6.08. The molecule has 7 nitrogen and oxygen atoms in total. The third kappa shape index (κ3) is 6.98. The van der Waals surface area contributed by atoms with Crippen molar-refractivity contribution in [2.24, 2.45) is 0 Å². The molecule has 0 spiro atoms. The van der Waals surface area contributed by atoms with Gasteiger partial charge < -0.3 is 10.2 Å². The van der Waals surface area contributed by atoms with Crippen molar-refractivity contribution in [3.8, 4) is 0 Å². The Morgan fingerprint density at radius 3 is 2.11 bits per heavy atom. The number of benzene rings is 3. The quantitative estimate of drug-likeness (QED) is 0.384. The van der Waals surface area contributed by atoms with Crippen molar-refractivity contribution in [1.29, 1.82) is 0 Å². The minimum atomic E-state index is -4.12. The van der Waals surface area contributed by atoms with Crippen LogP contribution in [0, 0.1) is 12.7 Å². The van der Waals surface area contributed by atoms with Crippen LogP contribution >= 0.6 is 0 Å². The summed E-state index contributed by atoms with van der Waals surface area (Å²) in [5.74, 6) is -1.31. The monoisotopic (exact) mass is 539 g/mol. The lowest BCUT2D eigenvalue weighted by Gasteiger charge is -2.34. The highest BCUT2D eigenvalue weighted by molar-refractivity contribution is 7.92. The fourth-order valence-electron chi connectivity index (χ4n) is 4.16. The molecule has 0 bridgehead atoms. The summed E-state index contributed by atoms with van der Waals surface area (Å²) in [5.41, 5.74) is 1.66. The molecule has 0 aliphatic carbocycles. The number of para-hydroxylation sites is 1. The molecule has 1 N–H and O–H groups in total. The lowest BCUT2D eigenvalue weighted by molar-refractivity contribution is -0.140. The van der Waals surface area contributed by atoms with Crippen molar-refractivity contribution in [2.45, 2.75) is 57.6 Å². The van der Waals surface area contributed by atoms with Gasteiger partial charge in [0.05, 0.1) is 10.6 Å². The molecule has 3 rings (SSSR count). The maximum absolute atomic E-state index is 13.9. The fraction of sp³-hybridized carbons (Fsp3) is 0.310. The molecule has 0 saturated carbocycles. The van der Waals surface area contributed by atoms with Gasteiger partial charge in [-0.2, -0.15) is 0 Å². The number of nitrogens with zero attached hydrogens (tertiary/aromatic N) is 2. The molecule has 0 aromatic heterocycles. The zero-order chi connectivity index (χ0) is 27.9. The third-order valence-corrected chi connectivity index (χ3v) is 7.85. The van der Waals surface area contributed by atoms with Crippen LogP contribution in [0.1, 0.15) is 38.3 Å². The number of anilines is 1. The van der Waals surface area contributed by atoms with Gasteiger partial charge in [-0.3, -0.25) is 13.9 Å². The first kappa shape index (κ1) is 28.8. The van der Waals surface area contributed by atoms with Crippen LogP contribution in [0.4, 0.5) is 10.1 Å². The van der Waals surface area contributed by atoms with Crippen molar-refractivity contribution in [3.05, 3.63) is 95.8 Å². The zero-order valence-corrected chi connectivity index (χ0v) is 22.9. The minimum Gasteiger partial charge on any atom is -0.352 e. The van der Waals surface area contributed by atoms with Crippen LogP contribution in [0.2, 0.25) is 0 Å². The predicted molar refractivity (Wildman–Crippen MR) is 146 cm³/mol. The molecule has 1 unspecified atom stereocenters. The van der Waals surface area contributed by atoms with Crippen LogP contribution in [0.25, 0.3) is 0 Å². The Hall–Kier alpha value is -3.72. The van der Waals surface area contributed by atoms with Gasteiger partial charge in [-0.1, -0.05) is 55.5 Å². The van der Waals surface area contributed by atoms with Gasteiger partial charge in [-0.05, 0) is 68.7 Å². The number of rotatable bonds is 11. The van der Waals surface area contributed by atoms with E-state index in [0.717, 1.165) is 4.31 Å².